The van der Waals surface area contributed by atoms with Crippen LogP contribution in [0.25, 0.3) is 11.4 Å². The molecule has 1 aliphatic carbocycles. The summed E-state index contributed by atoms with van der Waals surface area (Å²) in [5, 5.41) is 17.4. The van der Waals surface area contributed by atoms with Gasteiger partial charge in [0.05, 0.1) is 30.2 Å². The van der Waals surface area contributed by atoms with Crippen LogP contribution in [0.5, 0.6) is 5.75 Å². The number of nitrogens with one attached hydrogen (secondary N) is 1. The highest BCUT2D eigenvalue weighted by Gasteiger charge is 2.29. The van der Waals surface area contributed by atoms with Gasteiger partial charge in [-0.1, -0.05) is 0 Å². The zero-order chi connectivity index (χ0) is 27.0. The molecule has 202 valence electrons. The molecule has 0 spiro atoms. The molecule has 3 aromatic rings. The number of hydrogen-bond donors (Lipinski definition) is 3. The molecule has 11 heteroatoms. The van der Waals surface area contributed by atoms with E-state index in [-0.39, 0.29) is 24.4 Å². The van der Waals surface area contributed by atoms with Crippen LogP contribution >= 0.6 is 0 Å². The number of aliphatic hydroxyl groups excluding tert-OH is 1. The Morgan fingerprint density at radius 1 is 1.18 bits per heavy atom. The molecule has 38 heavy (non-hydrogen) atoms. The number of aryl methyl sites for hydroxylation is 1. The van der Waals surface area contributed by atoms with Crippen LogP contribution in [-0.4, -0.2) is 81.1 Å². The van der Waals surface area contributed by atoms with Crippen molar-refractivity contribution in [3.05, 3.63) is 41.2 Å². The lowest BCUT2D eigenvalue weighted by Gasteiger charge is -2.34. The summed E-state index contributed by atoms with van der Waals surface area (Å²) in [4.78, 5) is 26.2. The first kappa shape index (κ1) is 25.9. The second kappa shape index (κ2) is 10.2. The van der Waals surface area contributed by atoms with E-state index >= 15 is 0 Å². The predicted octanol–water partition coefficient (Wildman–Crippen LogP) is 2.20. The van der Waals surface area contributed by atoms with Crippen molar-refractivity contribution in [3.8, 4) is 17.1 Å². The molecule has 0 saturated carbocycles. The lowest BCUT2D eigenvalue weighted by molar-refractivity contribution is 0.0993. The number of primary amides is 1. The maximum atomic E-state index is 12.1. The molecule has 5 rings (SSSR count). The largest absolute Gasteiger partial charge is 0.486 e. The van der Waals surface area contributed by atoms with Gasteiger partial charge in [-0.15, -0.1) is 0 Å². The number of benzene rings is 1. The summed E-state index contributed by atoms with van der Waals surface area (Å²) in [6, 6.07) is 6.17. The van der Waals surface area contributed by atoms with Gasteiger partial charge in [-0.2, -0.15) is 5.10 Å². The molecule has 3 heterocycles. The van der Waals surface area contributed by atoms with Crippen LogP contribution in [0.4, 0.5) is 17.3 Å². The minimum Gasteiger partial charge on any atom is -0.486 e. The Labute approximate surface area is 222 Å². The monoisotopic (exact) mass is 520 g/mol. The van der Waals surface area contributed by atoms with Crippen LogP contribution in [0, 0.1) is 0 Å². The molecule has 1 aliphatic heterocycles. The number of hydrogen-bond acceptors (Lipinski definition) is 9. The number of amides is 1. The van der Waals surface area contributed by atoms with Gasteiger partial charge < -0.3 is 30.7 Å². The van der Waals surface area contributed by atoms with E-state index < -0.39 is 5.91 Å². The summed E-state index contributed by atoms with van der Waals surface area (Å²) in [7, 11) is 2.14. The number of nitrogens with zero attached hydrogens (tertiary/aromatic N) is 6. The van der Waals surface area contributed by atoms with Gasteiger partial charge in [-0.3, -0.25) is 9.48 Å². The molecule has 4 N–H and O–H groups in total. The van der Waals surface area contributed by atoms with Crippen LogP contribution in [0.2, 0.25) is 0 Å². The van der Waals surface area contributed by atoms with Crippen molar-refractivity contribution in [3.63, 3.8) is 0 Å². The zero-order valence-electron chi connectivity index (χ0n) is 22.5. The fourth-order valence-corrected chi connectivity index (χ4v) is 4.99. The Morgan fingerprint density at radius 3 is 2.63 bits per heavy atom. The number of likely N-dealkylation sites (N-methyl/N-ethyl adjacent to an activating group) is 1. The number of anilines is 3. The summed E-state index contributed by atoms with van der Waals surface area (Å²) < 4.78 is 7.89. The van der Waals surface area contributed by atoms with Crippen molar-refractivity contribution < 1.29 is 14.6 Å². The SMILES string of the molecule is CN1CCN(c2ccc(OC(C)(C)C)c(Nc3ncc4c(n3)-c3c(c(C(N)=O)nn3CCO)CC4)c2)CC1. The van der Waals surface area contributed by atoms with Gasteiger partial charge >= 0.3 is 0 Å². The minimum absolute atomic E-state index is 0.121. The topological polar surface area (TPSA) is 135 Å². The average molecular weight is 521 g/mol. The molecular formula is C27H36N8O3. The quantitative estimate of drug-likeness (QED) is 0.428. The smallest absolute Gasteiger partial charge is 0.269 e. The molecule has 11 nitrogen and oxygen atoms in total. The molecule has 0 unspecified atom stereocenters. The van der Waals surface area contributed by atoms with Crippen LogP contribution < -0.4 is 20.7 Å². The highest BCUT2D eigenvalue weighted by Crippen LogP contribution is 2.37. The summed E-state index contributed by atoms with van der Waals surface area (Å²) in [6.45, 7) is 10.1. The molecule has 2 aliphatic rings. The maximum absolute atomic E-state index is 12.1. The Morgan fingerprint density at radius 2 is 1.95 bits per heavy atom. The maximum Gasteiger partial charge on any atom is 0.269 e. The van der Waals surface area contributed by atoms with Gasteiger partial charge in [-0.25, -0.2) is 9.97 Å². The van der Waals surface area contributed by atoms with Crippen molar-refractivity contribution in [2.24, 2.45) is 5.73 Å². The molecular weight excluding hydrogens is 484 g/mol. The summed E-state index contributed by atoms with van der Waals surface area (Å²) in [5.74, 6) is 0.528. The number of aromatic nitrogens is 4. The number of nitrogens with two attached hydrogens (primary N) is 1. The molecule has 2 aromatic heterocycles. The normalized spacial score (nSPS) is 15.7. The van der Waals surface area contributed by atoms with Gasteiger partial charge in [0.25, 0.3) is 5.91 Å². The standard InChI is InChI=1S/C27H36N8O3/c1-27(2,3)38-21-8-6-18(34-11-9-33(4)10-12-34)15-20(21)30-26-29-16-17-5-7-19-23(25(28)37)32-35(13-14-36)24(19)22(17)31-26/h6,8,15-16,36H,5,7,9-14H2,1-4H3,(H2,28,37)(H,29,30,31). The van der Waals surface area contributed by atoms with E-state index in [9.17, 15) is 9.90 Å². The highest BCUT2D eigenvalue weighted by molar-refractivity contribution is 5.94. The first-order valence-corrected chi connectivity index (χ1v) is 13.0. The van der Waals surface area contributed by atoms with E-state index in [1.807, 2.05) is 33.0 Å². The van der Waals surface area contributed by atoms with E-state index in [0.717, 1.165) is 48.7 Å². The third kappa shape index (κ3) is 5.30. The number of fused-ring (bicyclic) bond motifs is 3. The number of aliphatic hydroxyl groups is 1. The number of ether oxygens (including phenoxy) is 1. The van der Waals surface area contributed by atoms with Gasteiger partial charge in [0, 0.05) is 43.6 Å². The molecule has 1 fully saturated rings. The third-order valence-corrected chi connectivity index (χ3v) is 6.82. The third-order valence-electron chi connectivity index (χ3n) is 6.82. The first-order chi connectivity index (χ1) is 18.1. The predicted molar refractivity (Wildman–Crippen MR) is 146 cm³/mol. The molecule has 1 amide bonds. The summed E-state index contributed by atoms with van der Waals surface area (Å²) in [5.41, 5.74) is 10.4. The Bertz CT molecular complexity index is 1340. The van der Waals surface area contributed by atoms with Gasteiger partial charge in [-0.05, 0) is 64.4 Å². The van der Waals surface area contributed by atoms with Gasteiger partial charge in [0.15, 0.2) is 5.69 Å². The molecule has 0 bridgehead atoms. The van der Waals surface area contributed by atoms with Gasteiger partial charge in [0.2, 0.25) is 5.95 Å². The van der Waals surface area contributed by atoms with Crippen molar-refractivity contribution in [2.45, 2.75) is 45.8 Å². The zero-order valence-corrected chi connectivity index (χ0v) is 22.5. The number of carbonyl (C=O) groups is 1. The van der Waals surface area contributed by atoms with Crippen molar-refractivity contribution in [2.75, 3.05) is 50.1 Å². The Balaban J connectivity index is 1.52. The van der Waals surface area contributed by atoms with Crippen molar-refractivity contribution >= 4 is 23.2 Å². The van der Waals surface area contributed by atoms with E-state index in [4.69, 9.17) is 15.5 Å². The fraction of sp³-hybridized carbons (Fsp3) is 0.481. The summed E-state index contributed by atoms with van der Waals surface area (Å²) >= 11 is 0. The van der Waals surface area contributed by atoms with E-state index in [1.54, 1.807) is 4.68 Å². The van der Waals surface area contributed by atoms with E-state index in [0.29, 0.717) is 35.9 Å². The minimum atomic E-state index is -0.585. The second-order valence-corrected chi connectivity index (χ2v) is 10.9. The number of rotatable bonds is 7. The molecule has 1 aromatic carbocycles. The second-order valence-electron chi connectivity index (χ2n) is 10.9. The highest BCUT2D eigenvalue weighted by atomic mass is 16.5. The van der Waals surface area contributed by atoms with Crippen LogP contribution in [0.1, 0.15) is 42.4 Å². The first-order valence-electron chi connectivity index (χ1n) is 13.0. The molecule has 1 saturated heterocycles. The van der Waals surface area contributed by atoms with Crippen LogP contribution in [-0.2, 0) is 19.4 Å². The Kier molecular flexibility index (Phi) is 6.97. The van der Waals surface area contributed by atoms with Crippen LogP contribution in [0.15, 0.2) is 24.4 Å². The van der Waals surface area contributed by atoms with Crippen LogP contribution in [0.3, 0.4) is 0 Å². The van der Waals surface area contributed by atoms with E-state index in [1.165, 1.54) is 0 Å². The lowest BCUT2D eigenvalue weighted by Crippen LogP contribution is -2.44. The van der Waals surface area contributed by atoms with E-state index in [2.05, 4.69) is 44.4 Å². The number of carbonyl (C=O) groups excluding carboxylic acids is 1. The Hall–Kier alpha value is -3.70. The lowest BCUT2D eigenvalue weighted by atomic mass is 9.93. The molecule has 0 atom stereocenters. The van der Waals surface area contributed by atoms with Crippen molar-refractivity contribution in [1.82, 2.24) is 24.6 Å². The van der Waals surface area contributed by atoms with Gasteiger partial charge in [0.1, 0.15) is 11.4 Å². The number of piperazine rings is 1. The fourth-order valence-electron chi connectivity index (χ4n) is 4.99. The summed E-state index contributed by atoms with van der Waals surface area (Å²) in [6.07, 6.45) is 3.09. The van der Waals surface area contributed by atoms with Crippen molar-refractivity contribution in [1.29, 1.82) is 0 Å². The molecule has 0 radical (unpaired) electrons. The average Bonchev–Trinajstić information content (AvgIpc) is 3.24.